The third-order valence-electron chi connectivity index (χ3n) is 3.47. The van der Waals surface area contributed by atoms with E-state index in [0.717, 1.165) is 24.7 Å². The van der Waals surface area contributed by atoms with Crippen LogP contribution >= 0.6 is 0 Å². The van der Waals surface area contributed by atoms with E-state index in [-0.39, 0.29) is 5.84 Å². The standard InChI is InChI=1S/C13H20N4/c1-2-17(9-10-4-3-5-10)11-6-7-12(13(14)15)16-8-11/h6-8,10H,2-5,9H2,1H3,(H3,14,15). The number of amidine groups is 1. The van der Waals surface area contributed by atoms with Crippen LogP contribution in [0.1, 0.15) is 31.9 Å². The van der Waals surface area contributed by atoms with Crippen molar-refractivity contribution in [1.29, 1.82) is 5.41 Å². The Balaban J connectivity index is 2.04. The Hall–Kier alpha value is -1.58. The monoisotopic (exact) mass is 232 g/mol. The molecular weight excluding hydrogens is 212 g/mol. The highest BCUT2D eigenvalue weighted by Crippen LogP contribution is 2.28. The second-order valence-electron chi connectivity index (χ2n) is 4.65. The van der Waals surface area contributed by atoms with Gasteiger partial charge in [-0.15, -0.1) is 0 Å². The summed E-state index contributed by atoms with van der Waals surface area (Å²) in [5.41, 5.74) is 7.07. The number of hydrogen-bond acceptors (Lipinski definition) is 3. The number of hydrogen-bond donors (Lipinski definition) is 2. The lowest BCUT2D eigenvalue weighted by Gasteiger charge is -2.33. The van der Waals surface area contributed by atoms with Crippen LogP contribution in [-0.2, 0) is 0 Å². The van der Waals surface area contributed by atoms with Gasteiger partial charge in [0.25, 0.3) is 0 Å². The maximum atomic E-state index is 7.31. The lowest BCUT2D eigenvalue weighted by Crippen LogP contribution is -2.32. The number of nitrogens with zero attached hydrogens (tertiary/aromatic N) is 2. The molecule has 0 aromatic carbocycles. The molecule has 0 amide bonds. The topological polar surface area (TPSA) is 66.0 Å². The maximum absolute atomic E-state index is 7.31. The Bertz CT molecular complexity index is 381. The van der Waals surface area contributed by atoms with Crippen LogP contribution in [0.2, 0.25) is 0 Å². The summed E-state index contributed by atoms with van der Waals surface area (Å²) in [5, 5.41) is 7.31. The van der Waals surface area contributed by atoms with Crippen LogP contribution < -0.4 is 10.6 Å². The fourth-order valence-corrected chi connectivity index (χ4v) is 2.14. The van der Waals surface area contributed by atoms with Gasteiger partial charge in [0.05, 0.1) is 11.9 Å². The van der Waals surface area contributed by atoms with Crippen molar-refractivity contribution < 1.29 is 0 Å². The molecule has 2 rings (SSSR count). The summed E-state index contributed by atoms with van der Waals surface area (Å²) in [5.74, 6) is 0.876. The highest BCUT2D eigenvalue weighted by molar-refractivity contribution is 5.93. The molecule has 0 atom stereocenters. The van der Waals surface area contributed by atoms with E-state index in [1.807, 2.05) is 18.3 Å². The summed E-state index contributed by atoms with van der Waals surface area (Å²) >= 11 is 0. The van der Waals surface area contributed by atoms with E-state index in [9.17, 15) is 0 Å². The van der Waals surface area contributed by atoms with Crippen molar-refractivity contribution >= 4 is 11.5 Å². The Labute approximate surface area is 102 Å². The third kappa shape index (κ3) is 2.75. The van der Waals surface area contributed by atoms with Crippen LogP contribution in [0.25, 0.3) is 0 Å². The van der Waals surface area contributed by atoms with E-state index in [1.54, 1.807) is 0 Å². The number of anilines is 1. The molecule has 3 N–H and O–H groups in total. The first-order chi connectivity index (χ1) is 8.20. The number of aromatic nitrogens is 1. The summed E-state index contributed by atoms with van der Waals surface area (Å²) in [6.45, 7) is 4.28. The molecule has 1 aliphatic carbocycles. The van der Waals surface area contributed by atoms with E-state index in [1.165, 1.54) is 19.3 Å². The molecule has 1 aromatic heterocycles. The van der Waals surface area contributed by atoms with Crippen molar-refractivity contribution in [1.82, 2.24) is 4.98 Å². The Morgan fingerprint density at radius 1 is 1.53 bits per heavy atom. The first kappa shape index (κ1) is 11.9. The molecule has 0 aliphatic heterocycles. The summed E-state index contributed by atoms with van der Waals surface area (Å²) < 4.78 is 0. The second-order valence-corrected chi connectivity index (χ2v) is 4.65. The summed E-state index contributed by atoms with van der Waals surface area (Å²) in [6.07, 6.45) is 5.91. The number of nitrogens with two attached hydrogens (primary N) is 1. The zero-order valence-electron chi connectivity index (χ0n) is 10.3. The summed E-state index contributed by atoms with van der Waals surface area (Å²) in [6, 6.07) is 3.83. The van der Waals surface area contributed by atoms with Gasteiger partial charge in [0, 0.05) is 13.1 Å². The van der Waals surface area contributed by atoms with Crippen LogP contribution in [0, 0.1) is 11.3 Å². The Kier molecular flexibility index (Phi) is 3.61. The van der Waals surface area contributed by atoms with Crippen LogP contribution in [-0.4, -0.2) is 23.9 Å². The molecule has 1 aliphatic rings. The highest BCUT2D eigenvalue weighted by atomic mass is 15.1. The van der Waals surface area contributed by atoms with Crippen LogP contribution in [0.15, 0.2) is 18.3 Å². The molecule has 1 aromatic rings. The summed E-state index contributed by atoms with van der Waals surface area (Å²) in [4.78, 5) is 6.55. The SMILES string of the molecule is CCN(CC1CCC1)c1ccc(C(=N)N)nc1. The van der Waals surface area contributed by atoms with E-state index in [0.29, 0.717) is 5.69 Å². The summed E-state index contributed by atoms with van der Waals surface area (Å²) in [7, 11) is 0. The average molecular weight is 232 g/mol. The average Bonchev–Trinajstić information content (AvgIpc) is 2.28. The van der Waals surface area contributed by atoms with Gasteiger partial charge in [-0.3, -0.25) is 10.4 Å². The lowest BCUT2D eigenvalue weighted by molar-refractivity contribution is 0.318. The van der Waals surface area contributed by atoms with Gasteiger partial charge in [-0.2, -0.15) is 0 Å². The second kappa shape index (κ2) is 5.17. The molecular formula is C13H20N4. The van der Waals surface area contributed by atoms with Gasteiger partial charge in [-0.05, 0) is 37.8 Å². The molecule has 1 fully saturated rings. The zero-order chi connectivity index (χ0) is 12.3. The van der Waals surface area contributed by atoms with Crippen molar-refractivity contribution in [3.05, 3.63) is 24.0 Å². The molecule has 1 heterocycles. The van der Waals surface area contributed by atoms with Crippen LogP contribution in [0.4, 0.5) is 5.69 Å². The van der Waals surface area contributed by atoms with Gasteiger partial charge >= 0.3 is 0 Å². The molecule has 0 radical (unpaired) electrons. The van der Waals surface area contributed by atoms with Gasteiger partial charge in [0.15, 0.2) is 0 Å². The van der Waals surface area contributed by atoms with E-state index < -0.39 is 0 Å². The minimum absolute atomic E-state index is 0.0265. The molecule has 4 nitrogen and oxygen atoms in total. The molecule has 0 unspecified atom stereocenters. The maximum Gasteiger partial charge on any atom is 0.141 e. The normalized spacial score (nSPS) is 15.4. The smallest absolute Gasteiger partial charge is 0.141 e. The minimum atomic E-state index is 0.0265. The molecule has 0 bridgehead atoms. The third-order valence-corrected chi connectivity index (χ3v) is 3.47. The van der Waals surface area contributed by atoms with Gasteiger partial charge in [-0.1, -0.05) is 6.42 Å². The molecule has 0 spiro atoms. The molecule has 92 valence electrons. The largest absolute Gasteiger partial charge is 0.382 e. The van der Waals surface area contributed by atoms with E-state index in [4.69, 9.17) is 11.1 Å². The number of rotatable bonds is 5. The molecule has 1 saturated carbocycles. The van der Waals surface area contributed by atoms with Crippen LogP contribution in [0.3, 0.4) is 0 Å². The fourth-order valence-electron chi connectivity index (χ4n) is 2.14. The Morgan fingerprint density at radius 2 is 2.29 bits per heavy atom. The van der Waals surface area contributed by atoms with Crippen molar-refractivity contribution in [3.63, 3.8) is 0 Å². The predicted molar refractivity (Wildman–Crippen MR) is 70.5 cm³/mol. The van der Waals surface area contributed by atoms with Crippen molar-refractivity contribution in [2.45, 2.75) is 26.2 Å². The van der Waals surface area contributed by atoms with Crippen molar-refractivity contribution in [2.75, 3.05) is 18.0 Å². The van der Waals surface area contributed by atoms with Crippen molar-refractivity contribution in [2.24, 2.45) is 11.7 Å². The first-order valence-corrected chi connectivity index (χ1v) is 6.26. The lowest BCUT2D eigenvalue weighted by atomic mass is 9.85. The first-order valence-electron chi connectivity index (χ1n) is 6.26. The van der Waals surface area contributed by atoms with Gasteiger partial charge in [-0.25, -0.2) is 0 Å². The number of nitrogens with one attached hydrogen (secondary N) is 1. The predicted octanol–water partition coefficient (Wildman–Crippen LogP) is 1.99. The quantitative estimate of drug-likeness (QED) is 0.602. The minimum Gasteiger partial charge on any atom is -0.382 e. The van der Waals surface area contributed by atoms with E-state index >= 15 is 0 Å². The molecule has 17 heavy (non-hydrogen) atoms. The number of pyridine rings is 1. The molecule has 4 heteroatoms. The van der Waals surface area contributed by atoms with Crippen molar-refractivity contribution in [3.8, 4) is 0 Å². The highest BCUT2D eigenvalue weighted by Gasteiger charge is 2.20. The Morgan fingerprint density at radius 3 is 2.71 bits per heavy atom. The van der Waals surface area contributed by atoms with E-state index in [2.05, 4.69) is 16.8 Å². The van der Waals surface area contributed by atoms with Crippen LogP contribution in [0.5, 0.6) is 0 Å². The van der Waals surface area contributed by atoms with Gasteiger partial charge < -0.3 is 10.6 Å². The molecule has 0 saturated heterocycles. The zero-order valence-corrected chi connectivity index (χ0v) is 10.3. The van der Waals surface area contributed by atoms with Gasteiger partial charge in [0.2, 0.25) is 0 Å². The fraction of sp³-hybridized carbons (Fsp3) is 0.538. The number of nitrogen functional groups attached to an aromatic ring is 1. The van der Waals surface area contributed by atoms with Gasteiger partial charge in [0.1, 0.15) is 11.5 Å².